The number of carbonyl (C=O) groups excluding carboxylic acids is 1. The topological polar surface area (TPSA) is 76.5 Å². The maximum atomic E-state index is 12.2. The summed E-state index contributed by atoms with van der Waals surface area (Å²) >= 11 is 0. The van der Waals surface area contributed by atoms with Gasteiger partial charge in [-0.3, -0.25) is 9.78 Å². The van der Waals surface area contributed by atoms with E-state index >= 15 is 0 Å². The fourth-order valence-corrected chi connectivity index (χ4v) is 6.30. The van der Waals surface area contributed by atoms with E-state index in [-0.39, 0.29) is 47.9 Å². The van der Waals surface area contributed by atoms with Gasteiger partial charge in [-0.2, -0.15) is 0 Å². The minimum atomic E-state index is -0.337. The number of fused-ring (bicyclic) bond motifs is 3. The van der Waals surface area contributed by atoms with E-state index in [0.29, 0.717) is 0 Å². The summed E-state index contributed by atoms with van der Waals surface area (Å²) < 4.78 is 12.1. The van der Waals surface area contributed by atoms with Crippen molar-refractivity contribution in [1.82, 2.24) is 4.98 Å². The maximum absolute atomic E-state index is 12.2. The average Bonchev–Trinajstić information content (AvgIpc) is 3.72. The van der Waals surface area contributed by atoms with Gasteiger partial charge in [0.05, 0.1) is 0 Å². The van der Waals surface area contributed by atoms with Crippen molar-refractivity contribution in [3.05, 3.63) is 102 Å². The first kappa shape index (κ1) is 39.8. The zero-order chi connectivity index (χ0) is 36.4. The molecule has 271 valence electrons. The van der Waals surface area contributed by atoms with E-state index in [1.807, 2.05) is 72.9 Å². The van der Waals surface area contributed by atoms with Crippen LogP contribution in [0.15, 0.2) is 93.6 Å². The largest absolute Gasteiger partial charge is 0.512 e. The van der Waals surface area contributed by atoms with Crippen molar-refractivity contribution in [3.8, 4) is 22.6 Å². The van der Waals surface area contributed by atoms with Gasteiger partial charge in [0.2, 0.25) is 0 Å². The van der Waals surface area contributed by atoms with Gasteiger partial charge in [-0.05, 0) is 62.3 Å². The Morgan fingerprint density at radius 3 is 2.12 bits per heavy atom. The van der Waals surface area contributed by atoms with E-state index in [1.165, 1.54) is 17.0 Å². The Balaban J connectivity index is 0.000000279. The van der Waals surface area contributed by atoms with Gasteiger partial charge in [-0.15, -0.1) is 29.1 Å². The molecule has 3 heterocycles. The number of aliphatic hydroxyl groups is 1. The van der Waals surface area contributed by atoms with Crippen LogP contribution in [0.1, 0.15) is 99.3 Å². The standard InChI is InChI=1S/C30H24NO2.C15H28O2.Ir/c1-18-13-20-9-10-21(16-27(20)32-18)28-17-24-26(33-28)11-12-31-29(24)22-14-19-7-5-6-8-23(19)25(15-22)30(2,3)4;1-7-14(5,8-2)12(16)11-13(17)15(6,9-3)10-4;/h5-13,15-17H,1-4H3;11,16H,7-10H2,1-6H3;/q-1;;/b;12-11-;. The molecule has 0 aliphatic carbocycles. The number of aliphatic hydroxyl groups excluding tert-OH is 1. The number of aryl methyl sites for hydroxylation is 1. The van der Waals surface area contributed by atoms with Crippen molar-refractivity contribution < 1.29 is 38.8 Å². The normalized spacial score (nSPS) is 12.5. The molecule has 0 aliphatic heterocycles. The van der Waals surface area contributed by atoms with Crippen LogP contribution in [0.5, 0.6) is 0 Å². The number of benzene rings is 3. The maximum Gasteiger partial charge on any atom is 0.164 e. The molecular weight excluding hydrogens is 811 g/mol. The van der Waals surface area contributed by atoms with Crippen LogP contribution in [0.4, 0.5) is 0 Å². The quantitative estimate of drug-likeness (QED) is 0.0890. The third-order valence-electron chi connectivity index (χ3n) is 10.8. The molecule has 3 aromatic carbocycles. The Hall–Kier alpha value is -3.99. The average molecular weight is 863 g/mol. The van der Waals surface area contributed by atoms with Crippen LogP contribution in [0.3, 0.4) is 0 Å². The fraction of sp³-hybridized carbons (Fsp3) is 0.378. The summed E-state index contributed by atoms with van der Waals surface area (Å²) in [4.78, 5) is 16.9. The zero-order valence-electron chi connectivity index (χ0n) is 31.8. The van der Waals surface area contributed by atoms with Crippen LogP contribution in [0, 0.1) is 23.8 Å². The number of hydrogen-bond acceptors (Lipinski definition) is 5. The van der Waals surface area contributed by atoms with Gasteiger partial charge in [0.1, 0.15) is 28.4 Å². The molecule has 0 aliphatic rings. The van der Waals surface area contributed by atoms with Gasteiger partial charge < -0.3 is 13.9 Å². The molecule has 0 amide bonds. The Bertz CT molecular complexity index is 2170. The molecule has 0 saturated carbocycles. The van der Waals surface area contributed by atoms with E-state index in [0.717, 1.165) is 81.3 Å². The molecule has 0 spiro atoms. The van der Waals surface area contributed by atoms with Gasteiger partial charge in [-0.1, -0.05) is 104 Å². The van der Waals surface area contributed by atoms with Crippen LogP contribution in [-0.2, 0) is 30.3 Å². The van der Waals surface area contributed by atoms with E-state index in [1.54, 1.807) is 0 Å². The molecule has 0 saturated heterocycles. The molecule has 0 bridgehead atoms. The molecule has 0 atom stereocenters. The third-order valence-corrected chi connectivity index (χ3v) is 10.8. The van der Waals surface area contributed by atoms with Gasteiger partial charge in [0.15, 0.2) is 5.78 Å². The molecule has 6 aromatic rings. The minimum Gasteiger partial charge on any atom is -0.512 e. The molecule has 51 heavy (non-hydrogen) atoms. The van der Waals surface area contributed by atoms with Crippen LogP contribution < -0.4 is 0 Å². The minimum absolute atomic E-state index is 0. The number of carbonyl (C=O) groups is 1. The van der Waals surface area contributed by atoms with Crippen molar-refractivity contribution in [1.29, 1.82) is 0 Å². The monoisotopic (exact) mass is 863 g/mol. The number of furan rings is 2. The van der Waals surface area contributed by atoms with Gasteiger partial charge in [-0.25, -0.2) is 0 Å². The summed E-state index contributed by atoms with van der Waals surface area (Å²) in [5, 5.41) is 14.5. The number of nitrogens with zero attached hydrogens (tertiary/aromatic N) is 1. The van der Waals surface area contributed by atoms with Crippen molar-refractivity contribution in [2.75, 3.05) is 0 Å². The molecule has 6 heteroatoms. The number of ketones is 1. The Morgan fingerprint density at radius 2 is 1.47 bits per heavy atom. The summed E-state index contributed by atoms with van der Waals surface area (Å²) in [6.07, 6.45) is 6.56. The number of pyridine rings is 1. The SMILES string of the molecule is CCC(C)(CC)C(=O)/C=C(\O)C(C)(CC)CC.Cc1cc2ccc(-c3cc4c(-c5[c-]c6ccccc6c(C(C)(C)C)c5)nccc4o3)cc2o1.[Ir]. The molecule has 6 rings (SSSR count). The van der Waals surface area contributed by atoms with Crippen LogP contribution in [0.25, 0.3) is 55.3 Å². The van der Waals surface area contributed by atoms with Crippen LogP contribution in [-0.4, -0.2) is 15.9 Å². The number of rotatable bonds is 9. The van der Waals surface area contributed by atoms with Gasteiger partial charge in [0, 0.05) is 65.2 Å². The molecule has 5 nitrogen and oxygen atoms in total. The van der Waals surface area contributed by atoms with Crippen LogP contribution >= 0.6 is 0 Å². The molecule has 1 radical (unpaired) electrons. The molecule has 0 unspecified atom stereocenters. The first-order valence-corrected chi connectivity index (χ1v) is 18.0. The van der Waals surface area contributed by atoms with E-state index in [9.17, 15) is 9.90 Å². The van der Waals surface area contributed by atoms with Crippen LogP contribution in [0.2, 0.25) is 0 Å². The molecule has 3 aromatic heterocycles. The molecule has 0 fully saturated rings. The van der Waals surface area contributed by atoms with Crippen molar-refractivity contribution in [2.45, 2.75) is 100 Å². The molecule has 1 N–H and O–H groups in total. The second kappa shape index (κ2) is 15.7. The number of aromatic nitrogens is 1. The summed E-state index contributed by atoms with van der Waals surface area (Å²) in [7, 11) is 0. The summed E-state index contributed by atoms with van der Waals surface area (Å²) in [6, 6.07) is 26.5. The predicted octanol–water partition coefficient (Wildman–Crippen LogP) is 13.1. The first-order valence-electron chi connectivity index (χ1n) is 18.0. The van der Waals surface area contributed by atoms with Crippen molar-refractivity contribution in [2.24, 2.45) is 10.8 Å². The number of hydrogen-bond donors (Lipinski definition) is 1. The Labute approximate surface area is 316 Å². The van der Waals surface area contributed by atoms with E-state index in [4.69, 9.17) is 13.8 Å². The second-order valence-electron chi connectivity index (χ2n) is 15.1. The van der Waals surface area contributed by atoms with E-state index in [2.05, 4.69) is 75.4 Å². The Kier molecular flexibility index (Phi) is 12.3. The van der Waals surface area contributed by atoms with Gasteiger partial charge >= 0.3 is 0 Å². The fourth-order valence-electron chi connectivity index (χ4n) is 6.30. The Morgan fingerprint density at radius 1 is 0.804 bits per heavy atom. The summed E-state index contributed by atoms with van der Waals surface area (Å²) in [5.74, 6) is 1.99. The number of allylic oxidation sites excluding steroid dienone is 2. The third kappa shape index (κ3) is 8.24. The second-order valence-corrected chi connectivity index (χ2v) is 15.1. The van der Waals surface area contributed by atoms with Crippen molar-refractivity contribution >= 4 is 38.5 Å². The molecular formula is C45H52IrNO4-. The van der Waals surface area contributed by atoms with Gasteiger partial charge in [0.25, 0.3) is 0 Å². The summed E-state index contributed by atoms with van der Waals surface area (Å²) in [6.45, 7) is 20.8. The first-order chi connectivity index (χ1) is 23.7. The summed E-state index contributed by atoms with van der Waals surface area (Å²) in [5.41, 5.74) is 5.20. The zero-order valence-corrected chi connectivity index (χ0v) is 34.2. The smallest absolute Gasteiger partial charge is 0.164 e. The van der Waals surface area contributed by atoms with E-state index < -0.39 is 0 Å². The predicted molar refractivity (Wildman–Crippen MR) is 208 cm³/mol. The van der Waals surface area contributed by atoms with Crippen molar-refractivity contribution in [3.63, 3.8) is 0 Å².